The van der Waals surface area contributed by atoms with Gasteiger partial charge in [-0.25, -0.2) is 0 Å². The summed E-state index contributed by atoms with van der Waals surface area (Å²) in [5, 5.41) is 12.1. The summed E-state index contributed by atoms with van der Waals surface area (Å²) in [5.41, 5.74) is 1.62. The molecule has 1 aromatic carbocycles. The summed E-state index contributed by atoms with van der Waals surface area (Å²) in [6.07, 6.45) is 1.51. The Kier molecular flexibility index (Phi) is 6.08. The molecule has 0 atom stereocenters. The van der Waals surface area contributed by atoms with Gasteiger partial charge in [-0.05, 0) is 30.5 Å². The molecule has 136 valence electrons. The third-order valence-corrected chi connectivity index (χ3v) is 4.22. The fraction of sp³-hybridized carbons (Fsp3) is 0.235. The van der Waals surface area contributed by atoms with Crippen LogP contribution in [0.25, 0.3) is 11.4 Å². The van der Waals surface area contributed by atoms with E-state index in [1.807, 2.05) is 23.8 Å². The molecular formula is C17H16ClN3O4S. The van der Waals surface area contributed by atoms with Gasteiger partial charge in [-0.1, -0.05) is 21.9 Å². The van der Waals surface area contributed by atoms with Gasteiger partial charge in [0.15, 0.2) is 18.1 Å². The Bertz CT molecular complexity index is 880. The van der Waals surface area contributed by atoms with E-state index in [0.29, 0.717) is 40.4 Å². The molecule has 0 fully saturated rings. The molecule has 2 aromatic heterocycles. The Labute approximate surface area is 159 Å². The van der Waals surface area contributed by atoms with Crippen molar-refractivity contribution in [2.75, 3.05) is 13.7 Å². The van der Waals surface area contributed by atoms with Crippen molar-refractivity contribution < 1.29 is 18.8 Å². The molecule has 0 bridgehead atoms. The van der Waals surface area contributed by atoms with Gasteiger partial charge in [0.25, 0.3) is 5.89 Å². The number of oxime groups is 1. The molecule has 7 nitrogen and oxygen atoms in total. The zero-order valence-electron chi connectivity index (χ0n) is 14.1. The summed E-state index contributed by atoms with van der Waals surface area (Å²) in [7, 11) is 1.55. The Balaban J connectivity index is 1.61. The number of benzene rings is 1. The largest absolute Gasteiger partial charge is 0.493 e. The minimum Gasteiger partial charge on any atom is -0.493 e. The van der Waals surface area contributed by atoms with Crippen molar-refractivity contribution in [2.45, 2.75) is 13.5 Å². The third-order valence-electron chi connectivity index (χ3n) is 3.25. The van der Waals surface area contributed by atoms with E-state index in [4.69, 9.17) is 30.4 Å². The topological polar surface area (TPSA) is 79.0 Å². The third kappa shape index (κ3) is 4.33. The van der Waals surface area contributed by atoms with Crippen molar-refractivity contribution in [3.8, 4) is 22.9 Å². The molecule has 26 heavy (non-hydrogen) atoms. The molecule has 0 amide bonds. The summed E-state index contributed by atoms with van der Waals surface area (Å²) >= 11 is 7.78. The van der Waals surface area contributed by atoms with E-state index < -0.39 is 0 Å². The minimum absolute atomic E-state index is 0.0650. The first-order valence-corrected chi connectivity index (χ1v) is 9.04. The Morgan fingerprint density at radius 2 is 2.27 bits per heavy atom. The van der Waals surface area contributed by atoms with Crippen molar-refractivity contribution in [2.24, 2.45) is 5.16 Å². The first-order valence-electron chi connectivity index (χ1n) is 7.72. The van der Waals surface area contributed by atoms with Gasteiger partial charge in [-0.3, -0.25) is 0 Å². The number of hydrogen-bond acceptors (Lipinski definition) is 8. The Morgan fingerprint density at radius 3 is 3.00 bits per heavy atom. The van der Waals surface area contributed by atoms with Crippen LogP contribution in [0.1, 0.15) is 18.4 Å². The molecule has 3 aromatic rings. The van der Waals surface area contributed by atoms with Crippen LogP contribution in [-0.4, -0.2) is 30.1 Å². The molecule has 3 rings (SSSR count). The zero-order valence-corrected chi connectivity index (χ0v) is 15.7. The van der Waals surface area contributed by atoms with Crippen LogP contribution < -0.4 is 9.47 Å². The monoisotopic (exact) mass is 393 g/mol. The lowest BCUT2D eigenvalue weighted by Gasteiger charge is -2.11. The number of hydrogen-bond donors (Lipinski definition) is 0. The molecule has 0 saturated carbocycles. The molecule has 9 heteroatoms. The van der Waals surface area contributed by atoms with E-state index in [1.54, 1.807) is 30.6 Å². The lowest BCUT2D eigenvalue weighted by atomic mass is 10.2. The maximum atomic E-state index is 6.21. The number of methoxy groups -OCH3 is 1. The van der Waals surface area contributed by atoms with Crippen molar-refractivity contribution in [3.63, 3.8) is 0 Å². The Hall–Kier alpha value is -2.58. The van der Waals surface area contributed by atoms with Crippen molar-refractivity contribution in [3.05, 3.63) is 45.4 Å². The molecular weight excluding hydrogens is 378 g/mol. The molecule has 0 aliphatic rings. The standard InChI is InChI=1S/C17H16ClN3O4S/c1-3-23-16-13(18)6-11(7-14(16)22-2)8-19-24-9-15-20-17(21-25-15)12-4-5-26-10-12/h4-8,10H,3,9H2,1-2H3/b19-8-. The average molecular weight is 394 g/mol. The van der Waals surface area contributed by atoms with E-state index in [9.17, 15) is 0 Å². The van der Waals surface area contributed by atoms with Crippen LogP contribution >= 0.6 is 22.9 Å². The predicted octanol–water partition coefficient (Wildman–Crippen LogP) is 4.41. The van der Waals surface area contributed by atoms with Gasteiger partial charge in [0, 0.05) is 16.5 Å². The van der Waals surface area contributed by atoms with Crippen LogP contribution in [0, 0.1) is 0 Å². The van der Waals surface area contributed by atoms with E-state index >= 15 is 0 Å². The smallest absolute Gasteiger partial charge is 0.267 e. The van der Waals surface area contributed by atoms with Crippen molar-refractivity contribution >= 4 is 29.2 Å². The first kappa shape index (κ1) is 18.2. The highest BCUT2D eigenvalue weighted by Crippen LogP contribution is 2.36. The fourth-order valence-corrected chi connectivity index (χ4v) is 3.02. The highest BCUT2D eigenvalue weighted by molar-refractivity contribution is 7.08. The number of ether oxygens (including phenoxy) is 2. The number of halogens is 1. The maximum absolute atomic E-state index is 6.21. The molecule has 0 aliphatic heterocycles. The number of nitrogens with zero attached hydrogens (tertiary/aromatic N) is 3. The molecule has 0 aliphatic carbocycles. The van der Waals surface area contributed by atoms with Crippen LogP contribution in [-0.2, 0) is 11.4 Å². The van der Waals surface area contributed by atoms with E-state index in [1.165, 1.54) is 6.21 Å². The van der Waals surface area contributed by atoms with E-state index in [0.717, 1.165) is 5.56 Å². The van der Waals surface area contributed by atoms with Gasteiger partial charge in [0.1, 0.15) is 0 Å². The summed E-state index contributed by atoms with van der Waals surface area (Å²) in [6.45, 7) is 2.43. The summed E-state index contributed by atoms with van der Waals surface area (Å²) in [5.74, 6) is 1.89. The maximum Gasteiger partial charge on any atom is 0.267 e. The van der Waals surface area contributed by atoms with Crippen LogP contribution in [0.15, 0.2) is 38.6 Å². The molecule has 0 saturated heterocycles. The summed E-state index contributed by atoms with van der Waals surface area (Å²) in [4.78, 5) is 9.45. The fourth-order valence-electron chi connectivity index (χ4n) is 2.11. The first-order chi connectivity index (χ1) is 12.7. The van der Waals surface area contributed by atoms with Crippen LogP contribution in [0.4, 0.5) is 0 Å². The summed E-state index contributed by atoms with van der Waals surface area (Å²) in [6, 6.07) is 5.38. The predicted molar refractivity (Wildman–Crippen MR) is 99.2 cm³/mol. The highest BCUT2D eigenvalue weighted by atomic mass is 35.5. The second-order valence-electron chi connectivity index (χ2n) is 5.00. The van der Waals surface area contributed by atoms with Crippen molar-refractivity contribution in [1.82, 2.24) is 10.1 Å². The van der Waals surface area contributed by atoms with Gasteiger partial charge in [-0.2, -0.15) is 16.3 Å². The quantitative estimate of drug-likeness (QED) is 0.416. The summed E-state index contributed by atoms with van der Waals surface area (Å²) < 4.78 is 15.9. The van der Waals surface area contributed by atoms with Crippen LogP contribution in [0.5, 0.6) is 11.5 Å². The van der Waals surface area contributed by atoms with Gasteiger partial charge in [0.05, 0.1) is 25.0 Å². The van der Waals surface area contributed by atoms with Crippen molar-refractivity contribution in [1.29, 1.82) is 0 Å². The van der Waals surface area contributed by atoms with E-state index in [2.05, 4.69) is 15.3 Å². The lowest BCUT2D eigenvalue weighted by Crippen LogP contribution is -1.97. The van der Waals surface area contributed by atoms with Crippen LogP contribution in [0.2, 0.25) is 5.02 Å². The van der Waals surface area contributed by atoms with Crippen LogP contribution in [0.3, 0.4) is 0 Å². The average Bonchev–Trinajstić information content (AvgIpc) is 3.32. The SMILES string of the molecule is CCOc1c(Cl)cc(/C=N\OCc2nc(-c3ccsc3)no2)cc1OC. The highest BCUT2D eigenvalue weighted by Gasteiger charge is 2.11. The molecule has 0 spiro atoms. The lowest BCUT2D eigenvalue weighted by molar-refractivity contribution is 0.107. The second kappa shape index (κ2) is 8.68. The molecule has 0 unspecified atom stereocenters. The number of aromatic nitrogens is 2. The van der Waals surface area contributed by atoms with Gasteiger partial charge >= 0.3 is 0 Å². The number of rotatable bonds is 8. The van der Waals surface area contributed by atoms with Gasteiger partial charge in [-0.15, -0.1) is 0 Å². The second-order valence-corrected chi connectivity index (χ2v) is 6.19. The Morgan fingerprint density at radius 1 is 1.38 bits per heavy atom. The number of thiophene rings is 1. The minimum atomic E-state index is 0.0650. The van der Waals surface area contributed by atoms with E-state index in [-0.39, 0.29) is 6.61 Å². The zero-order chi connectivity index (χ0) is 18.4. The molecule has 2 heterocycles. The molecule has 0 N–H and O–H groups in total. The van der Waals surface area contributed by atoms with Gasteiger partial charge in [0.2, 0.25) is 5.82 Å². The normalized spacial score (nSPS) is 11.0. The molecule has 0 radical (unpaired) electrons. The van der Waals surface area contributed by atoms with Gasteiger partial charge < -0.3 is 18.8 Å².